The van der Waals surface area contributed by atoms with E-state index >= 15 is 0 Å². The van der Waals surface area contributed by atoms with Crippen LogP contribution in [0.5, 0.6) is 0 Å². The van der Waals surface area contributed by atoms with Gasteiger partial charge in [-0.1, -0.05) is 56.0 Å². The lowest BCUT2D eigenvalue weighted by molar-refractivity contribution is -0.120. The third-order valence-electron chi connectivity index (χ3n) is 5.64. The van der Waals surface area contributed by atoms with Crippen LogP contribution in [0.25, 0.3) is 0 Å². The molecule has 1 heterocycles. The highest BCUT2D eigenvalue weighted by molar-refractivity contribution is 7.89. The van der Waals surface area contributed by atoms with Crippen LogP contribution in [0.1, 0.15) is 24.5 Å². The second-order valence-electron chi connectivity index (χ2n) is 8.03. The Morgan fingerprint density at radius 3 is 2.41 bits per heavy atom. The Bertz CT molecular complexity index is 1050. The van der Waals surface area contributed by atoms with Gasteiger partial charge in [-0.05, 0) is 41.7 Å². The summed E-state index contributed by atoms with van der Waals surface area (Å²) in [4.78, 5) is 24.0. The molecule has 1 fully saturated rings. The summed E-state index contributed by atoms with van der Waals surface area (Å²) >= 11 is 0. The third kappa shape index (κ3) is 6.05. The minimum atomic E-state index is -3.64. The molecular formula is C24H29N3O4S. The Morgan fingerprint density at radius 2 is 1.78 bits per heavy atom. The van der Waals surface area contributed by atoms with Gasteiger partial charge in [-0.2, -0.15) is 4.31 Å². The van der Waals surface area contributed by atoms with Gasteiger partial charge in [0.05, 0.1) is 11.3 Å². The summed E-state index contributed by atoms with van der Waals surface area (Å²) in [5.41, 5.74) is 1.76. The molecule has 32 heavy (non-hydrogen) atoms. The van der Waals surface area contributed by atoms with Gasteiger partial charge >= 0.3 is 0 Å². The summed E-state index contributed by atoms with van der Waals surface area (Å²) < 4.78 is 27.6. The summed E-state index contributed by atoms with van der Waals surface area (Å²) in [5.74, 6) is -0.390. The molecule has 8 heteroatoms. The molecule has 1 aliphatic heterocycles. The van der Waals surface area contributed by atoms with Gasteiger partial charge in [-0.3, -0.25) is 9.59 Å². The standard InChI is InChI=1S/C24H29N3O4S/c1-3-23(28)26-22-13-14-27(17-18(22)2)32(30,31)21-11-9-19(10-12-21)15-24(29)25-16-20-7-5-4-6-8-20/h3-12,18,22H,1,13-17H2,2H3,(H,25,29)(H,26,28). The van der Waals surface area contributed by atoms with Gasteiger partial charge in [0, 0.05) is 25.7 Å². The van der Waals surface area contributed by atoms with Gasteiger partial charge in [0.2, 0.25) is 21.8 Å². The maximum absolute atomic E-state index is 13.1. The first-order chi connectivity index (χ1) is 15.3. The van der Waals surface area contributed by atoms with Gasteiger partial charge < -0.3 is 10.6 Å². The number of carbonyl (C=O) groups excluding carboxylic acids is 2. The number of amides is 2. The van der Waals surface area contributed by atoms with E-state index < -0.39 is 10.0 Å². The van der Waals surface area contributed by atoms with Crippen molar-refractivity contribution in [2.45, 2.75) is 37.2 Å². The van der Waals surface area contributed by atoms with Crippen LogP contribution < -0.4 is 10.6 Å². The van der Waals surface area contributed by atoms with Crippen molar-refractivity contribution in [2.75, 3.05) is 13.1 Å². The number of nitrogens with one attached hydrogen (secondary N) is 2. The van der Waals surface area contributed by atoms with Crippen LogP contribution in [0.2, 0.25) is 0 Å². The van der Waals surface area contributed by atoms with Crippen molar-refractivity contribution in [1.29, 1.82) is 0 Å². The Morgan fingerprint density at radius 1 is 1.09 bits per heavy atom. The quantitative estimate of drug-likeness (QED) is 0.597. The average Bonchev–Trinajstić information content (AvgIpc) is 2.80. The number of sulfonamides is 1. The molecule has 2 unspecified atom stereocenters. The van der Waals surface area contributed by atoms with E-state index in [0.717, 1.165) is 11.1 Å². The lowest BCUT2D eigenvalue weighted by atomic mass is 9.95. The van der Waals surface area contributed by atoms with Gasteiger partial charge in [0.15, 0.2) is 0 Å². The van der Waals surface area contributed by atoms with Crippen molar-refractivity contribution >= 4 is 21.8 Å². The number of hydrogen-bond acceptors (Lipinski definition) is 4. The largest absolute Gasteiger partial charge is 0.352 e. The van der Waals surface area contributed by atoms with Crippen molar-refractivity contribution < 1.29 is 18.0 Å². The molecule has 0 bridgehead atoms. The van der Waals surface area contributed by atoms with E-state index in [0.29, 0.717) is 26.1 Å². The topological polar surface area (TPSA) is 95.6 Å². The maximum atomic E-state index is 13.1. The lowest BCUT2D eigenvalue weighted by Gasteiger charge is -2.36. The molecule has 170 valence electrons. The molecule has 2 N–H and O–H groups in total. The fourth-order valence-electron chi connectivity index (χ4n) is 3.75. The molecule has 0 spiro atoms. The first kappa shape index (κ1) is 23.7. The van der Waals surface area contributed by atoms with Crippen molar-refractivity contribution in [3.63, 3.8) is 0 Å². The number of benzene rings is 2. The van der Waals surface area contributed by atoms with Crippen LogP contribution in [-0.2, 0) is 32.6 Å². The molecular weight excluding hydrogens is 426 g/mol. The minimum absolute atomic E-state index is 0.0185. The van der Waals surface area contributed by atoms with E-state index in [1.165, 1.54) is 10.4 Å². The van der Waals surface area contributed by atoms with Gasteiger partial charge in [0.1, 0.15) is 0 Å². The molecule has 0 radical (unpaired) electrons. The van der Waals surface area contributed by atoms with E-state index in [-0.39, 0.29) is 35.1 Å². The van der Waals surface area contributed by atoms with Crippen LogP contribution in [0.3, 0.4) is 0 Å². The van der Waals surface area contributed by atoms with E-state index in [4.69, 9.17) is 0 Å². The smallest absolute Gasteiger partial charge is 0.243 e. The lowest BCUT2D eigenvalue weighted by Crippen LogP contribution is -2.51. The molecule has 0 aliphatic carbocycles. The summed E-state index contributed by atoms with van der Waals surface area (Å²) in [7, 11) is -3.64. The second kappa shape index (κ2) is 10.6. The number of rotatable bonds is 8. The van der Waals surface area contributed by atoms with E-state index in [1.807, 2.05) is 37.3 Å². The van der Waals surface area contributed by atoms with E-state index in [2.05, 4.69) is 17.2 Å². The molecule has 2 atom stereocenters. The zero-order chi connectivity index (χ0) is 23.1. The molecule has 0 saturated carbocycles. The highest BCUT2D eigenvalue weighted by atomic mass is 32.2. The zero-order valence-corrected chi connectivity index (χ0v) is 19.0. The van der Waals surface area contributed by atoms with Crippen molar-refractivity contribution in [2.24, 2.45) is 5.92 Å². The molecule has 2 aromatic rings. The molecule has 1 aliphatic rings. The van der Waals surface area contributed by atoms with Crippen molar-refractivity contribution in [3.8, 4) is 0 Å². The number of carbonyl (C=O) groups is 2. The SMILES string of the molecule is C=CC(=O)NC1CCN(S(=O)(=O)c2ccc(CC(=O)NCc3ccccc3)cc2)CC1C. The van der Waals surface area contributed by atoms with Crippen molar-refractivity contribution in [3.05, 3.63) is 78.4 Å². The highest BCUT2D eigenvalue weighted by Gasteiger charge is 2.33. The molecule has 3 rings (SSSR count). The zero-order valence-electron chi connectivity index (χ0n) is 18.2. The van der Waals surface area contributed by atoms with Crippen LogP contribution in [-0.4, -0.2) is 43.7 Å². The fraction of sp³-hybridized carbons (Fsp3) is 0.333. The number of piperidine rings is 1. The predicted octanol–water partition coefficient (Wildman–Crippen LogP) is 2.25. The summed E-state index contributed by atoms with van der Waals surface area (Å²) in [6, 6.07) is 16.0. The van der Waals surface area contributed by atoms with E-state index in [1.54, 1.807) is 24.3 Å². The van der Waals surface area contributed by atoms with E-state index in [9.17, 15) is 18.0 Å². The number of nitrogens with zero attached hydrogens (tertiary/aromatic N) is 1. The highest BCUT2D eigenvalue weighted by Crippen LogP contribution is 2.24. The van der Waals surface area contributed by atoms with Gasteiger partial charge in [-0.25, -0.2) is 8.42 Å². The first-order valence-electron chi connectivity index (χ1n) is 10.6. The normalized spacial score (nSPS) is 19.2. The maximum Gasteiger partial charge on any atom is 0.243 e. The molecule has 2 amide bonds. The first-order valence-corrected chi connectivity index (χ1v) is 12.1. The Kier molecular flexibility index (Phi) is 7.82. The van der Waals surface area contributed by atoms with Crippen LogP contribution in [0.4, 0.5) is 0 Å². The van der Waals surface area contributed by atoms with Crippen LogP contribution in [0.15, 0.2) is 72.1 Å². The van der Waals surface area contributed by atoms with Gasteiger partial charge in [0.25, 0.3) is 0 Å². The summed E-state index contributed by atoms with van der Waals surface area (Å²) in [6.07, 6.45) is 1.94. The summed E-state index contributed by atoms with van der Waals surface area (Å²) in [6.45, 7) is 6.49. The van der Waals surface area contributed by atoms with Crippen molar-refractivity contribution in [1.82, 2.24) is 14.9 Å². The number of hydrogen-bond donors (Lipinski definition) is 2. The summed E-state index contributed by atoms with van der Waals surface area (Å²) in [5, 5.41) is 5.73. The van der Waals surface area contributed by atoms with Crippen LogP contribution >= 0.6 is 0 Å². The fourth-order valence-corrected chi connectivity index (χ4v) is 5.31. The average molecular weight is 456 g/mol. The third-order valence-corrected chi connectivity index (χ3v) is 7.52. The van der Waals surface area contributed by atoms with Gasteiger partial charge in [-0.15, -0.1) is 0 Å². The molecule has 1 saturated heterocycles. The minimum Gasteiger partial charge on any atom is -0.352 e. The second-order valence-corrected chi connectivity index (χ2v) is 9.97. The Labute approximate surface area is 189 Å². The van der Waals surface area contributed by atoms with Crippen LogP contribution in [0, 0.1) is 5.92 Å². The Balaban J connectivity index is 1.57. The predicted molar refractivity (Wildman–Crippen MR) is 123 cm³/mol. The molecule has 2 aromatic carbocycles. The Hall–Kier alpha value is -2.97. The molecule has 0 aromatic heterocycles. The molecule has 7 nitrogen and oxygen atoms in total. The monoisotopic (exact) mass is 455 g/mol.